The lowest BCUT2D eigenvalue weighted by molar-refractivity contribution is -0.144. The number of rotatable bonds is 4. The molecule has 0 atom stereocenters. The highest BCUT2D eigenvalue weighted by atomic mass is 19.4. The number of hydrogen-bond donors (Lipinski definition) is 2. The number of alkyl halides is 3. The Labute approximate surface area is 116 Å². The monoisotopic (exact) mass is 288 g/mol. The van der Waals surface area contributed by atoms with Crippen molar-refractivity contribution in [1.82, 2.24) is 9.97 Å². The first kappa shape index (κ1) is 14.9. The van der Waals surface area contributed by atoms with Gasteiger partial charge in [0.1, 0.15) is 11.6 Å². The molecule has 0 bridgehead atoms. The minimum atomic E-state index is -4.53. The van der Waals surface area contributed by atoms with E-state index in [1.165, 1.54) is 12.5 Å². The topological polar surface area (TPSA) is 49.8 Å². The van der Waals surface area contributed by atoms with Gasteiger partial charge in [-0.2, -0.15) is 13.2 Å². The van der Waals surface area contributed by atoms with Gasteiger partial charge in [0.15, 0.2) is 0 Å². The Morgan fingerprint density at radius 3 is 2.40 bits per heavy atom. The Morgan fingerprint density at radius 2 is 1.80 bits per heavy atom. The van der Waals surface area contributed by atoms with Crippen molar-refractivity contribution in [3.63, 3.8) is 0 Å². The zero-order valence-corrected chi connectivity index (χ0v) is 11.4. The zero-order chi connectivity index (χ0) is 14.6. The fourth-order valence-electron chi connectivity index (χ4n) is 2.38. The van der Waals surface area contributed by atoms with E-state index in [2.05, 4.69) is 20.6 Å². The lowest BCUT2D eigenvalue weighted by Gasteiger charge is -2.23. The number of halogens is 3. The van der Waals surface area contributed by atoms with Gasteiger partial charge in [-0.3, -0.25) is 0 Å². The van der Waals surface area contributed by atoms with Gasteiger partial charge < -0.3 is 10.6 Å². The molecule has 1 aliphatic carbocycles. The van der Waals surface area contributed by atoms with Gasteiger partial charge in [0.05, 0.1) is 0 Å². The van der Waals surface area contributed by atoms with Crippen LogP contribution in [0.5, 0.6) is 0 Å². The maximum Gasteiger partial charge on any atom is 0.451 e. The quantitative estimate of drug-likeness (QED) is 0.887. The largest absolute Gasteiger partial charge is 0.451 e. The molecular formula is C13H19F3N4. The molecule has 2 rings (SSSR count). The average molecular weight is 288 g/mol. The maximum atomic E-state index is 12.8. The summed E-state index contributed by atoms with van der Waals surface area (Å²) in [5.74, 6) is -0.655. The highest BCUT2D eigenvalue weighted by Gasteiger charge is 2.35. The molecule has 0 amide bonds. The van der Waals surface area contributed by atoms with Crippen LogP contribution in [0.2, 0.25) is 0 Å². The second kappa shape index (κ2) is 6.28. The van der Waals surface area contributed by atoms with Crippen molar-refractivity contribution in [2.75, 3.05) is 17.2 Å². The Bertz CT molecular complexity index is 442. The fraction of sp³-hybridized carbons (Fsp3) is 0.692. The third kappa shape index (κ3) is 3.98. The third-order valence-corrected chi connectivity index (χ3v) is 3.29. The molecule has 0 unspecified atom stereocenters. The predicted octanol–water partition coefficient (Wildman–Crippen LogP) is 3.67. The molecule has 1 aromatic rings. The molecule has 0 radical (unpaired) electrons. The first-order valence-electron chi connectivity index (χ1n) is 6.95. The van der Waals surface area contributed by atoms with Crippen molar-refractivity contribution >= 4 is 11.6 Å². The van der Waals surface area contributed by atoms with Crippen molar-refractivity contribution in [1.29, 1.82) is 0 Å². The van der Waals surface area contributed by atoms with Gasteiger partial charge in [-0.15, -0.1) is 0 Å². The summed E-state index contributed by atoms with van der Waals surface area (Å²) in [4.78, 5) is 7.09. The molecule has 1 aromatic heterocycles. The molecule has 1 aliphatic rings. The molecule has 1 saturated carbocycles. The van der Waals surface area contributed by atoms with Gasteiger partial charge in [0.25, 0.3) is 0 Å². The van der Waals surface area contributed by atoms with Gasteiger partial charge in [-0.25, -0.2) is 9.97 Å². The Balaban J connectivity index is 2.19. The van der Waals surface area contributed by atoms with Gasteiger partial charge in [0.2, 0.25) is 5.82 Å². The van der Waals surface area contributed by atoms with Crippen LogP contribution in [0.1, 0.15) is 44.9 Å². The van der Waals surface area contributed by atoms with Crippen molar-refractivity contribution in [2.45, 2.75) is 51.2 Å². The standard InChI is InChI=1S/C13H19F3N4/c1-2-17-10-8-11(18-9-6-4-3-5-7-9)20-12(19-10)13(14,15)16/h8-9H,2-7H2,1H3,(H2,17,18,19,20). The van der Waals surface area contributed by atoms with Crippen LogP contribution in [0.25, 0.3) is 0 Å². The van der Waals surface area contributed by atoms with E-state index in [4.69, 9.17) is 0 Å². The number of nitrogens with one attached hydrogen (secondary N) is 2. The molecule has 20 heavy (non-hydrogen) atoms. The number of aromatic nitrogens is 2. The first-order chi connectivity index (χ1) is 9.49. The van der Waals surface area contributed by atoms with E-state index in [1.54, 1.807) is 0 Å². The van der Waals surface area contributed by atoms with Crippen molar-refractivity contribution in [2.24, 2.45) is 0 Å². The van der Waals surface area contributed by atoms with Crippen molar-refractivity contribution < 1.29 is 13.2 Å². The Kier molecular flexibility index (Phi) is 4.67. The van der Waals surface area contributed by atoms with Crippen LogP contribution in [-0.2, 0) is 6.18 Å². The van der Waals surface area contributed by atoms with Crippen LogP contribution in [0.4, 0.5) is 24.8 Å². The van der Waals surface area contributed by atoms with E-state index in [0.717, 1.165) is 25.7 Å². The van der Waals surface area contributed by atoms with E-state index in [-0.39, 0.29) is 17.7 Å². The summed E-state index contributed by atoms with van der Waals surface area (Å²) < 4.78 is 38.4. The SMILES string of the molecule is CCNc1cc(NC2CCCCC2)nc(C(F)(F)F)n1. The summed E-state index contributed by atoms with van der Waals surface area (Å²) in [7, 11) is 0. The lowest BCUT2D eigenvalue weighted by atomic mass is 9.95. The van der Waals surface area contributed by atoms with Crippen LogP contribution in [0, 0.1) is 0 Å². The predicted molar refractivity (Wildman–Crippen MR) is 71.7 cm³/mol. The van der Waals surface area contributed by atoms with Crippen LogP contribution < -0.4 is 10.6 Å². The van der Waals surface area contributed by atoms with Gasteiger partial charge in [-0.1, -0.05) is 19.3 Å². The van der Waals surface area contributed by atoms with Crippen LogP contribution >= 0.6 is 0 Å². The summed E-state index contributed by atoms with van der Waals surface area (Å²) in [6.07, 6.45) is 0.820. The summed E-state index contributed by atoms with van der Waals surface area (Å²) >= 11 is 0. The van der Waals surface area contributed by atoms with Crippen LogP contribution in [-0.4, -0.2) is 22.6 Å². The van der Waals surface area contributed by atoms with Crippen LogP contribution in [0.3, 0.4) is 0 Å². The molecule has 1 heterocycles. The van der Waals surface area contributed by atoms with Gasteiger partial charge >= 0.3 is 6.18 Å². The molecule has 112 valence electrons. The minimum Gasteiger partial charge on any atom is -0.370 e. The molecule has 0 aliphatic heterocycles. The number of nitrogens with zero attached hydrogens (tertiary/aromatic N) is 2. The molecule has 0 spiro atoms. The van der Waals surface area contributed by atoms with E-state index in [0.29, 0.717) is 6.54 Å². The molecule has 0 saturated heterocycles. The first-order valence-corrected chi connectivity index (χ1v) is 6.95. The van der Waals surface area contributed by atoms with E-state index >= 15 is 0 Å². The molecule has 7 heteroatoms. The second-order valence-corrected chi connectivity index (χ2v) is 4.97. The van der Waals surface area contributed by atoms with E-state index in [9.17, 15) is 13.2 Å². The average Bonchev–Trinajstić information content (AvgIpc) is 2.39. The van der Waals surface area contributed by atoms with Crippen molar-refractivity contribution in [3.05, 3.63) is 11.9 Å². The second-order valence-electron chi connectivity index (χ2n) is 4.97. The normalized spacial score (nSPS) is 17.0. The van der Waals surface area contributed by atoms with Crippen molar-refractivity contribution in [3.8, 4) is 0 Å². The van der Waals surface area contributed by atoms with E-state index < -0.39 is 12.0 Å². The highest BCUT2D eigenvalue weighted by molar-refractivity contribution is 5.48. The van der Waals surface area contributed by atoms with Gasteiger partial charge in [-0.05, 0) is 19.8 Å². The minimum absolute atomic E-state index is 0.202. The van der Waals surface area contributed by atoms with Crippen LogP contribution in [0.15, 0.2) is 6.07 Å². The highest BCUT2D eigenvalue weighted by Crippen LogP contribution is 2.29. The zero-order valence-electron chi connectivity index (χ0n) is 11.4. The fourth-order valence-corrected chi connectivity index (χ4v) is 2.38. The van der Waals surface area contributed by atoms with E-state index in [1.807, 2.05) is 6.92 Å². The molecule has 2 N–H and O–H groups in total. The molecule has 0 aromatic carbocycles. The number of hydrogen-bond acceptors (Lipinski definition) is 4. The number of anilines is 2. The molecule has 4 nitrogen and oxygen atoms in total. The lowest BCUT2D eigenvalue weighted by Crippen LogP contribution is -2.24. The molecular weight excluding hydrogens is 269 g/mol. The Hall–Kier alpha value is -1.53. The summed E-state index contributed by atoms with van der Waals surface area (Å²) in [6.45, 7) is 2.32. The Morgan fingerprint density at radius 1 is 1.15 bits per heavy atom. The van der Waals surface area contributed by atoms with Gasteiger partial charge in [0, 0.05) is 18.7 Å². The summed E-state index contributed by atoms with van der Waals surface area (Å²) in [6, 6.07) is 1.74. The smallest absolute Gasteiger partial charge is 0.370 e. The molecule has 1 fully saturated rings. The summed E-state index contributed by atoms with van der Waals surface area (Å²) in [5, 5.41) is 5.91. The maximum absolute atomic E-state index is 12.8. The third-order valence-electron chi connectivity index (χ3n) is 3.29. The summed E-state index contributed by atoms with van der Waals surface area (Å²) in [5.41, 5.74) is 0.